The number of hydrogen-bond donors (Lipinski definition) is 1. The van der Waals surface area contributed by atoms with E-state index in [1.807, 2.05) is 6.20 Å². The summed E-state index contributed by atoms with van der Waals surface area (Å²) in [6, 6.07) is 4.67. The van der Waals surface area contributed by atoms with Crippen molar-refractivity contribution in [3.8, 4) is 0 Å². The van der Waals surface area contributed by atoms with E-state index in [2.05, 4.69) is 37.6 Å². The molecule has 0 aromatic carbocycles. The van der Waals surface area contributed by atoms with Gasteiger partial charge in [-0.15, -0.1) is 11.3 Å². The van der Waals surface area contributed by atoms with Crippen molar-refractivity contribution < 1.29 is 9.53 Å². The highest BCUT2D eigenvalue weighted by Crippen LogP contribution is 2.30. The van der Waals surface area contributed by atoms with Gasteiger partial charge in [0, 0.05) is 62.0 Å². The Bertz CT molecular complexity index is 810. The average Bonchev–Trinajstić information content (AvgIpc) is 3.27. The number of ether oxygens (including phenoxy) is 1. The van der Waals surface area contributed by atoms with E-state index in [1.54, 1.807) is 18.4 Å². The number of piperazine rings is 1. The molecule has 4 rings (SSSR count). The van der Waals surface area contributed by atoms with Crippen molar-refractivity contribution in [3.63, 3.8) is 0 Å². The maximum Gasteiger partial charge on any atom is 0.222 e. The number of nitrogens with zero attached hydrogens (tertiary/aromatic N) is 3. The molecule has 1 aliphatic heterocycles. The fourth-order valence-corrected chi connectivity index (χ4v) is 5.55. The summed E-state index contributed by atoms with van der Waals surface area (Å²) in [4.78, 5) is 21.6. The molecule has 30 heavy (non-hydrogen) atoms. The van der Waals surface area contributed by atoms with E-state index in [4.69, 9.17) is 4.74 Å². The lowest BCUT2D eigenvalue weighted by Gasteiger charge is -2.37. The first kappa shape index (κ1) is 21.5. The number of thiophene rings is 1. The molecule has 7 heteroatoms. The zero-order valence-electron chi connectivity index (χ0n) is 18.0. The lowest BCUT2D eigenvalue weighted by atomic mass is 9.84. The summed E-state index contributed by atoms with van der Waals surface area (Å²) >= 11 is 1.79. The SMILES string of the molecule is COCCC(=O)NC1CCC(CCN2CCN(c3nccc4sccc34)CC2)CC1. The smallest absolute Gasteiger partial charge is 0.222 e. The van der Waals surface area contributed by atoms with E-state index in [0.29, 0.717) is 19.1 Å². The Balaban J connectivity index is 1.15. The van der Waals surface area contributed by atoms with Crippen molar-refractivity contribution in [1.29, 1.82) is 0 Å². The van der Waals surface area contributed by atoms with Gasteiger partial charge in [0.15, 0.2) is 0 Å². The van der Waals surface area contributed by atoms with Crippen LogP contribution in [0.15, 0.2) is 23.7 Å². The maximum absolute atomic E-state index is 11.9. The summed E-state index contributed by atoms with van der Waals surface area (Å²) in [5.74, 6) is 2.08. The number of amides is 1. The summed E-state index contributed by atoms with van der Waals surface area (Å²) in [7, 11) is 1.64. The number of rotatable bonds is 8. The Morgan fingerprint density at radius 3 is 2.77 bits per heavy atom. The first-order chi connectivity index (χ1) is 14.7. The van der Waals surface area contributed by atoms with Crippen LogP contribution in [0.2, 0.25) is 0 Å². The number of anilines is 1. The molecule has 2 aliphatic rings. The van der Waals surface area contributed by atoms with Crippen LogP contribution in [-0.2, 0) is 9.53 Å². The molecule has 1 saturated carbocycles. The first-order valence-electron chi connectivity index (χ1n) is 11.3. The Labute approximate surface area is 183 Å². The predicted octanol–water partition coefficient (Wildman–Crippen LogP) is 3.52. The molecule has 0 bridgehead atoms. The molecular weight excluding hydrogens is 396 g/mol. The molecular formula is C23H34N4O2S. The summed E-state index contributed by atoms with van der Waals surface area (Å²) in [6.07, 6.45) is 8.40. The molecule has 3 heterocycles. The van der Waals surface area contributed by atoms with Crippen molar-refractivity contribution in [3.05, 3.63) is 23.7 Å². The molecule has 6 nitrogen and oxygen atoms in total. The molecule has 1 aliphatic carbocycles. The minimum absolute atomic E-state index is 0.130. The van der Waals surface area contributed by atoms with Crippen molar-refractivity contribution >= 4 is 33.1 Å². The van der Waals surface area contributed by atoms with E-state index >= 15 is 0 Å². The minimum Gasteiger partial charge on any atom is -0.384 e. The van der Waals surface area contributed by atoms with Crippen LogP contribution in [0.1, 0.15) is 38.5 Å². The fourth-order valence-electron chi connectivity index (χ4n) is 4.77. The first-order valence-corrected chi connectivity index (χ1v) is 12.2. The summed E-state index contributed by atoms with van der Waals surface area (Å²) < 4.78 is 6.31. The van der Waals surface area contributed by atoms with Crippen LogP contribution in [0, 0.1) is 5.92 Å². The lowest BCUT2D eigenvalue weighted by Crippen LogP contribution is -2.47. The van der Waals surface area contributed by atoms with Crippen LogP contribution in [0.25, 0.3) is 10.1 Å². The Hall–Kier alpha value is -1.70. The molecule has 0 atom stereocenters. The molecule has 0 unspecified atom stereocenters. The van der Waals surface area contributed by atoms with Crippen LogP contribution < -0.4 is 10.2 Å². The van der Waals surface area contributed by atoms with E-state index in [1.165, 1.54) is 35.9 Å². The quantitative estimate of drug-likeness (QED) is 0.694. The van der Waals surface area contributed by atoms with Crippen LogP contribution >= 0.6 is 11.3 Å². The van der Waals surface area contributed by atoms with Gasteiger partial charge in [0.1, 0.15) is 5.82 Å². The number of methoxy groups -OCH3 is 1. The van der Waals surface area contributed by atoms with Gasteiger partial charge in [-0.25, -0.2) is 4.98 Å². The maximum atomic E-state index is 11.9. The van der Waals surface area contributed by atoms with Crippen LogP contribution in [0.3, 0.4) is 0 Å². The number of fused-ring (bicyclic) bond motifs is 1. The standard InChI is InChI=1S/C23H34N4O2S/c1-29-16-8-22(28)25-19-4-2-18(3-5-19)7-11-26-12-14-27(15-13-26)23-20-9-17-30-21(20)6-10-24-23/h6,9-10,17-19H,2-5,7-8,11-16H2,1H3,(H,25,28). The van der Waals surface area contributed by atoms with Gasteiger partial charge in [0.25, 0.3) is 0 Å². The van der Waals surface area contributed by atoms with Crippen molar-refractivity contribution in [2.45, 2.75) is 44.6 Å². The molecule has 0 spiro atoms. The molecule has 1 amide bonds. The fraction of sp³-hybridized carbons (Fsp3) is 0.652. The highest BCUT2D eigenvalue weighted by Gasteiger charge is 2.24. The predicted molar refractivity (Wildman–Crippen MR) is 123 cm³/mol. The summed E-state index contributed by atoms with van der Waals surface area (Å²) in [5, 5.41) is 6.62. The second-order valence-electron chi connectivity index (χ2n) is 8.61. The number of aromatic nitrogens is 1. The van der Waals surface area contributed by atoms with Gasteiger partial charge < -0.3 is 15.0 Å². The largest absolute Gasteiger partial charge is 0.384 e. The third-order valence-corrected chi connectivity index (χ3v) is 7.51. The third kappa shape index (κ3) is 5.50. The molecule has 164 valence electrons. The third-order valence-electron chi connectivity index (χ3n) is 6.63. The monoisotopic (exact) mass is 430 g/mol. The minimum atomic E-state index is 0.130. The Morgan fingerprint density at radius 1 is 1.20 bits per heavy atom. The highest BCUT2D eigenvalue weighted by atomic mass is 32.1. The molecule has 2 fully saturated rings. The second kappa shape index (κ2) is 10.6. The molecule has 1 N–H and O–H groups in total. The number of carbonyl (C=O) groups excluding carboxylic acids is 1. The molecule has 2 aromatic heterocycles. The molecule has 0 radical (unpaired) electrons. The van der Waals surface area contributed by atoms with Gasteiger partial charge in [-0.1, -0.05) is 0 Å². The van der Waals surface area contributed by atoms with Gasteiger partial charge in [-0.3, -0.25) is 9.69 Å². The molecule has 2 aromatic rings. The van der Waals surface area contributed by atoms with Gasteiger partial charge >= 0.3 is 0 Å². The number of pyridine rings is 1. The molecule has 1 saturated heterocycles. The van der Waals surface area contributed by atoms with Gasteiger partial charge in [0.2, 0.25) is 5.91 Å². The zero-order valence-corrected chi connectivity index (χ0v) is 18.8. The van der Waals surface area contributed by atoms with Crippen LogP contribution in [0.4, 0.5) is 5.82 Å². The van der Waals surface area contributed by atoms with E-state index in [0.717, 1.165) is 50.8 Å². The van der Waals surface area contributed by atoms with Crippen molar-refractivity contribution in [2.75, 3.05) is 51.3 Å². The van der Waals surface area contributed by atoms with Crippen molar-refractivity contribution in [2.24, 2.45) is 5.92 Å². The average molecular weight is 431 g/mol. The van der Waals surface area contributed by atoms with Crippen LogP contribution in [0.5, 0.6) is 0 Å². The normalized spacial score (nSPS) is 23.0. The summed E-state index contributed by atoms with van der Waals surface area (Å²) in [5.41, 5.74) is 0. The number of carbonyl (C=O) groups is 1. The number of hydrogen-bond acceptors (Lipinski definition) is 6. The second-order valence-corrected chi connectivity index (χ2v) is 9.56. The zero-order chi connectivity index (χ0) is 20.8. The van der Waals surface area contributed by atoms with Gasteiger partial charge in [-0.05, 0) is 62.1 Å². The highest BCUT2D eigenvalue weighted by molar-refractivity contribution is 7.17. The lowest BCUT2D eigenvalue weighted by molar-refractivity contribution is -0.122. The Morgan fingerprint density at radius 2 is 2.00 bits per heavy atom. The van der Waals surface area contributed by atoms with Gasteiger partial charge in [0.05, 0.1) is 6.61 Å². The van der Waals surface area contributed by atoms with E-state index < -0.39 is 0 Å². The Kier molecular flexibility index (Phi) is 7.57. The van der Waals surface area contributed by atoms with Crippen molar-refractivity contribution in [1.82, 2.24) is 15.2 Å². The van der Waals surface area contributed by atoms with Gasteiger partial charge in [-0.2, -0.15) is 0 Å². The summed E-state index contributed by atoms with van der Waals surface area (Å²) in [6.45, 7) is 6.05. The number of nitrogens with one attached hydrogen (secondary N) is 1. The van der Waals surface area contributed by atoms with Crippen LogP contribution in [-0.4, -0.2) is 68.3 Å². The van der Waals surface area contributed by atoms with E-state index in [9.17, 15) is 4.79 Å². The topological polar surface area (TPSA) is 57.7 Å². The van der Waals surface area contributed by atoms with E-state index in [-0.39, 0.29) is 5.91 Å².